The van der Waals surface area contributed by atoms with Crippen LogP contribution in [-0.2, 0) is 14.8 Å². The lowest BCUT2D eigenvalue weighted by Gasteiger charge is -2.20. The normalized spacial score (nSPS) is 14.5. The fourth-order valence-electron chi connectivity index (χ4n) is 1.79. The monoisotopic (exact) mass is 313 g/mol. The molecular formula is C14H23N3O3S. The zero-order chi connectivity index (χ0) is 16.2. The fourth-order valence-corrected chi connectivity index (χ4v) is 2.98. The van der Waals surface area contributed by atoms with Crippen LogP contribution >= 0.6 is 0 Å². The Kier molecular flexibility index (Phi) is 5.88. The molecule has 1 amide bonds. The number of carbonyl (C=O) groups excluding carboxylic acids is 1. The van der Waals surface area contributed by atoms with Gasteiger partial charge in [0.1, 0.15) is 0 Å². The van der Waals surface area contributed by atoms with Crippen molar-refractivity contribution < 1.29 is 13.2 Å². The topological polar surface area (TPSA) is 92.5 Å². The maximum absolute atomic E-state index is 12.2. The Morgan fingerprint density at radius 2 is 1.81 bits per heavy atom. The van der Waals surface area contributed by atoms with Crippen molar-refractivity contribution in [2.45, 2.75) is 37.8 Å². The van der Waals surface area contributed by atoms with Crippen molar-refractivity contribution in [3.63, 3.8) is 0 Å². The van der Waals surface area contributed by atoms with Gasteiger partial charge in [-0.15, -0.1) is 0 Å². The molecule has 0 radical (unpaired) electrons. The number of nitrogens with zero attached hydrogens (tertiary/aromatic N) is 1. The Balaban J connectivity index is 2.89. The molecule has 1 rings (SSSR count). The molecule has 7 heteroatoms. The molecule has 0 aliphatic heterocycles. The molecule has 0 saturated carbocycles. The molecule has 2 atom stereocenters. The molecule has 0 fully saturated rings. The quantitative estimate of drug-likeness (QED) is 0.814. The van der Waals surface area contributed by atoms with Crippen LogP contribution in [0.5, 0.6) is 0 Å². The number of hydrogen-bond donors (Lipinski definition) is 2. The van der Waals surface area contributed by atoms with Crippen LogP contribution in [0.4, 0.5) is 0 Å². The van der Waals surface area contributed by atoms with E-state index in [9.17, 15) is 13.2 Å². The van der Waals surface area contributed by atoms with E-state index in [0.717, 1.165) is 5.56 Å². The highest BCUT2D eigenvalue weighted by atomic mass is 32.2. The highest BCUT2D eigenvalue weighted by Crippen LogP contribution is 2.15. The van der Waals surface area contributed by atoms with E-state index in [4.69, 9.17) is 5.73 Å². The summed E-state index contributed by atoms with van der Waals surface area (Å²) in [6.07, 6.45) is 0. The van der Waals surface area contributed by atoms with E-state index in [1.807, 2.05) is 13.8 Å². The number of hydrogen-bond acceptors (Lipinski definition) is 4. The number of carbonyl (C=O) groups is 1. The maximum Gasteiger partial charge on any atom is 0.241 e. The molecule has 0 aromatic heterocycles. The number of sulfonamides is 1. The van der Waals surface area contributed by atoms with Gasteiger partial charge in [-0.25, -0.2) is 8.42 Å². The largest absolute Gasteiger partial charge is 0.345 e. The third-order valence-corrected chi connectivity index (χ3v) is 4.83. The van der Waals surface area contributed by atoms with Gasteiger partial charge in [-0.2, -0.15) is 4.72 Å². The highest BCUT2D eigenvalue weighted by molar-refractivity contribution is 7.89. The molecule has 6 nitrogen and oxygen atoms in total. The Hall–Kier alpha value is -1.44. The van der Waals surface area contributed by atoms with Crippen LogP contribution in [0.2, 0.25) is 0 Å². The third kappa shape index (κ3) is 4.52. The number of benzene rings is 1. The van der Waals surface area contributed by atoms with Gasteiger partial charge in [-0.05, 0) is 38.5 Å². The maximum atomic E-state index is 12.2. The molecular weight excluding hydrogens is 290 g/mol. The van der Waals surface area contributed by atoms with E-state index in [2.05, 4.69) is 4.72 Å². The smallest absolute Gasteiger partial charge is 0.241 e. The van der Waals surface area contributed by atoms with Gasteiger partial charge in [0.05, 0.1) is 10.9 Å². The first kappa shape index (κ1) is 17.6. The van der Waals surface area contributed by atoms with Crippen molar-refractivity contribution in [3.05, 3.63) is 29.8 Å². The molecule has 0 heterocycles. The second-order valence-electron chi connectivity index (χ2n) is 5.05. The Labute approximate surface area is 126 Å². The third-order valence-electron chi connectivity index (χ3n) is 3.27. The molecule has 0 bridgehead atoms. The predicted octanol–water partition coefficient (Wildman–Crippen LogP) is 0.851. The molecule has 0 aliphatic rings. The lowest BCUT2D eigenvalue weighted by atomic mass is 10.1. The molecule has 0 spiro atoms. The molecule has 0 saturated heterocycles. The van der Waals surface area contributed by atoms with E-state index in [1.165, 1.54) is 24.0 Å². The summed E-state index contributed by atoms with van der Waals surface area (Å²) in [4.78, 5) is 13.5. The molecule has 118 valence electrons. The molecule has 1 aromatic rings. The van der Waals surface area contributed by atoms with Crippen LogP contribution < -0.4 is 10.5 Å². The van der Waals surface area contributed by atoms with Crippen LogP contribution in [0.1, 0.15) is 32.4 Å². The minimum absolute atomic E-state index is 0.116. The standard InChI is InChI=1S/C14H23N3O3S/c1-5-17(4)14(18)11(3)16-21(19,20)13-8-6-12(7-9-13)10(2)15/h6-11,16H,5,15H2,1-4H3. The van der Waals surface area contributed by atoms with E-state index >= 15 is 0 Å². The summed E-state index contributed by atoms with van der Waals surface area (Å²) >= 11 is 0. The van der Waals surface area contributed by atoms with Crippen molar-refractivity contribution in [1.82, 2.24) is 9.62 Å². The number of rotatable bonds is 6. The van der Waals surface area contributed by atoms with Gasteiger partial charge in [-0.1, -0.05) is 12.1 Å². The first-order valence-electron chi connectivity index (χ1n) is 6.82. The summed E-state index contributed by atoms with van der Waals surface area (Å²) < 4.78 is 26.8. The molecule has 3 N–H and O–H groups in total. The Morgan fingerprint density at radius 3 is 2.24 bits per heavy atom. The minimum atomic E-state index is -3.73. The molecule has 21 heavy (non-hydrogen) atoms. The summed E-state index contributed by atoms with van der Waals surface area (Å²) in [5, 5.41) is 0. The fraction of sp³-hybridized carbons (Fsp3) is 0.500. The van der Waals surface area contributed by atoms with Crippen molar-refractivity contribution in [2.75, 3.05) is 13.6 Å². The van der Waals surface area contributed by atoms with Crippen LogP contribution in [-0.4, -0.2) is 38.9 Å². The van der Waals surface area contributed by atoms with Crippen molar-refractivity contribution in [2.24, 2.45) is 5.73 Å². The van der Waals surface area contributed by atoms with Gasteiger partial charge in [0, 0.05) is 19.6 Å². The van der Waals surface area contributed by atoms with Crippen LogP contribution in [0.15, 0.2) is 29.2 Å². The minimum Gasteiger partial charge on any atom is -0.345 e. The van der Waals surface area contributed by atoms with Crippen LogP contribution in [0.3, 0.4) is 0 Å². The summed E-state index contributed by atoms with van der Waals surface area (Å²) in [7, 11) is -2.10. The zero-order valence-corrected chi connectivity index (χ0v) is 13.6. The van der Waals surface area contributed by atoms with Gasteiger partial charge < -0.3 is 10.6 Å². The lowest BCUT2D eigenvalue weighted by Crippen LogP contribution is -2.45. The van der Waals surface area contributed by atoms with E-state index < -0.39 is 16.1 Å². The van der Waals surface area contributed by atoms with E-state index in [1.54, 1.807) is 19.2 Å². The van der Waals surface area contributed by atoms with Crippen molar-refractivity contribution in [1.29, 1.82) is 0 Å². The first-order chi connectivity index (χ1) is 9.69. The molecule has 2 unspecified atom stereocenters. The van der Waals surface area contributed by atoms with Crippen LogP contribution in [0, 0.1) is 0 Å². The summed E-state index contributed by atoms with van der Waals surface area (Å²) in [5.41, 5.74) is 6.58. The van der Waals surface area contributed by atoms with Gasteiger partial charge in [0.2, 0.25) is 15.9 Å². The van der Waals surface area contributed by atoms with E-state index in [0.29, 0.717) is 6.54 Å². The Bertz CT molecular complexity index is 582. The van der Waals surface area contributed by atoms with Gasteiger partial charge in [-0.3, -0.25) is 4.79 Å². The van der Waals surface area contributed by atoms with Gasteiger partial charge in [0.15, 0.2) is 0 Å². The Morgan fingerprint density at radius 1 is 1.29 bits per heavy atom. The summed E-state index contributed by atoms with van der Waals surface area (Å²) in [5.74, 6) is -0.270. The van der Waals surface area contributed by atoms with Gasteiger partial charge >= 0.3 is 0 Å². The molecule has 1 aromatic carbocycles. The summed E-state index contributed by atoms with van der Waals surface area (Å²) in [6, 6.07) is 5.35. The van der Waals surface area contributed by atoms with Gasteiger partial charge in [0.25, 0.3) is 0 Å². The van der Waals surface area contributed by atoms with E-state index in [-0.39, 0.29) is 16.8 Å². The number of nitrogens with two attached hydrogens (primary N) is 1. The highest BCUT2D eigenvalue weighted by Gasteiger charge is 2.23. The van der Waals surface area contributed by atoms with Crippen molar-refractivity contribution in [3.8, 4) is 0 Å². The van der Waals surface area contributed by atoms with Crippen molar-refractivity contribution >= 4 is 15.9 Å². The number of amides is 1. The average molecular weight is 313 g/mol. The second-order valence-corrected chi connectivity index (χ2v) is 6.77. The number of likely N-dealkylation sites (N-methyl/N-ethyl adjacent to an activating group) is 1. The SMILES string of the molecule is CCN(C)C(=O)C(C)NS(=O)(=O)c1ccc(C(C)N)cc1. The first-order valence-corrected chi connectivity index (χ1v) is 8.30. The second kappa shape index (κ2) is 7.02. The number of nitrogens with one attached hydrogen (secondary N) is 1. The summed E-state index contributed by atoms with van der Waals surface area (Å²) in [6.45, 7) is 5.70. The van der Waals surface area contributed by atoms with Crippen LogP contribution in [0.25, 0.3) is 0 Å². The average Bonchev–Trinajstić information content (AvgIpc) is 2.45. The molecule has 0 aliphatic carbocycles. The predicted molar refractivity (Wildman–Crippen MR) is 82.1 cm³/mol. The zero-order valence-electron chi connectivity index (χ0n) is 12.8. The lowest BCUT2D eigenvalue weighted by molar-refractivity contribution is -0.131.